The lowest BCUT2D eigenvalue weighted by atomic mass is 10.1. The Bertz CT molecular complexity index is 765. The second kappa shape index (κ2) is 14.5. The molecular weight excluding hydrogens is 404 g/mol. The minimum atomic E-state index is -1.33. The molecule has 0 aromatic carbocycles. The second-order valence-electron chi connectivity index (χ2n) is 6.99. The highest BCUT2D eigenvalue weighted by molar-refractivity contribution is 6.01. The van der Waals surface area contributed by atoms with Crippen molar-refractivity contribution in [2.75, 3.05) is 6.54 Å². The third kappa shape index (κ3) is 12.6. The Morgan fingerprint density at radius 1 is 1.00 bits per heavy atom. The van der Waals surface area contributed by atoms with E-state index in [9.17, 15) is 19.2 Å². The summed E-state index contributed by atoms with van der Waals surface area (Å²) in [7, 11) is 0. The van der Waals surface area contributed by atoms with Gasteiger partial charge >= 0.3 is 5.97 Å². The summed E-state index contributed by atoms with van der Waals surface area (Å²) in [5.41, 5.74) is 11.1. The Morgan fingerprint density at radius 3 is 2.29 bits per heavy atom. The van der Waals surface area contributed by atoms with E-state index in [-0.39, 0.29) is 18.8 Å². The van der Waals surface area contributed by atoms with E-state index in [1.54, 1.807) is 12.1 Å². The molecule has 1 rings (SSSR count). The average molecular weight is 434 g/mol. The Balaban J connectivity index is 2.38. The van der Waals surface area contributed by atoms with E-state index in [4.69, 9.17) is 16.6 Å². The zero-order valence-electron chi connectivity index (χ0n) is 17.4. The fourth-order valence-corrected chi connectivity index (χ4v) is 2.74. The van der Waals surface area contributed by atoms with E-state index in [1.165, 1.54) is 12.4 Å². The number of aromatic nitrogens is 1. The van der Waals surface area contributed by atoms with Crippen molar-refractivity contribution in [3.63, 3.8) is 0 Å². The van der Waals surface area contributed by atoms with Crippen molar-refractivity contribution in [1.29, 1.82) is 0 Å². The van der Waals surface area contributed by atoms with E-state index < -0.39 is 36.2 Å². The number of nitrogens with two attached hydrogens (primary N) is 2. The number of amides is 3. The molecule has 0 saturated heterocycles. The van der Waals surface area contributed by atoms with Crippen molar-refractivity contribution >= 4 is 29.7 Å². The van der Waals surface area contributed by atoms with E-state index in [0.717, 1.165) is 25.7 Å². The molecule has 0 unspecified atom stereocenters. The first-order valence-electron chi connectivity index (χ1n) is 10.1. The zero-order valence-corrected chi connectivity index (χ0v) is 17.4. The molecule has 0 radical (unpaired) electrons. The molecule has 1 aromatic heterocycles. The Kier molecular flexibility index (Phi) is 11.9. The molecule has 0 aliphatic heterocycles. The van der Waals surface area contributed by atoms with Crippen LogP contribution >= 0.6 is 0 Å². The first kappa shape index (κ1) is 25.5. The van der Waals surface area contributed by atoms with Gasteiger partial charge in [0.25, 0.3) is 0 Å². The predicted octanol–water partition coefficient (Wildman–Crippen LogP) is -0.160. The van der Waals surface area contributed by atoms with Crippen LogP contribution in [0.1, 0.15) is 50.5 Å². The molecule has 31 heavy (non-hydrogen) atoms. The largest absolute Gasteiger partial charge is 0.481 e. The van der Waals surface area contributed by atoms with Gasteiger partial charge in [-0.25, -0.2) is 0 Å². The van der Waals surface area contributed by atoms with Crippen molar-refractivity contribution in [3.8, 4) is 0 Å². The first-order chi connectivity index (χ1) is 14.8. The number of carboxylic acids is 1. The third-order valence-corrected chi connectivity index (χ3v) is 4.26. The summed E-state index contributed by atoms with van der Waals surface area (Å²) in [5.74, 6) is -3.09. The van der Waals surface area contributed by atoms with Crippen LogP contribution in [-0.2, 0) is 25.6 Å². The summed E-state index contributed by atoms with van der Waals surface area (Å²) in [6.07, 6.45) is 6.56. The van der Waals surface area contributed by atoms with Crippen molar-refractivity contribution in [1.82, 2.24) is 15.6 Å². The molecule has 0 aliphatic carbocycles. The van der Waals surface area contributed by atoms with Gasteiger partial charge in [-0.1, -0.05) is 19.3 Å². The highest BCUT2D eigenvalue weighted by atomic mass is 16.4. The number of guanidine groups is 1. The molecule has 0 saturated carbocycles. The van der Waals surface area contributed by atoms with Gasteiger partial charge in [0.15, 0.2) is 5.96 Å². The van der Waals surface area contributed by atoms with Crippen LogP contribution in [-0.4, -0.2) is 52.3 Å². The van der Waals surface area contributed by atoms with E-state index in [0.29, 0.717) is 18.5 Å². The molecular formula is C20H30N6O5. The number of carboxylic acid groups (broad SMARTS) is 1. The summed E-state index contributed by atoms with van der Waals surface area (Å²) in [6.45, 7) is 0.564. The monoisotopic (exact) mass is 434 g/mol. The Morgan fingerprint density at radius 2 is 1.65 bits per heavy atom. The van der Waals surface area contributed by atoms with E-state index in [2.05, 4.69) is 20.6 Å². The van der Waals surface area contributed by atoms with Crippen LogP contribution < -0.4 is 22.1 Å². The highest BCUT2D eigenvalue weighted by Crippen LogP contribution is 2.06. The fraction of sp³-hybridized carbons (Fsp3) is 0.500. The minimum absolute atomic E-state index is 0.0643. The molecule has 11 heteroatoms. The fourth-order valence-electron chi connectivity index (χ4n) is 2.74. The lowest BCUT2D eigenvalue weighted by Crippen LogP contribution is -2.49. The van der Waals surface area contributed by atoms with Crippen LogP contribution in [0.25, 0.3) is 0 Å². The molecule has 1 heterocycles. The molecule has 11 nitrogen and oxygen atoms in total. The van der Waals surface area contributed by atoms with Crippen LogP contribution in [0, 0.1) is 0 Å². The summed E-state index contributed by atoms with van der Waals surface area (Å²) in [6, 6.07) is 1.93. The number of rotatable bonds is 14. The molecule has 7 N–H and O–H groups in total. The van der Waals surface area contributed by atoms with Crippen LogP contribution in [0.4, 0.5) is 0 Å². The highest BCUT2D eigenvalue weighted by Gasteiger charge is 2.25. The lowest BCUT2D eigenvalue weighted by molar-refractivity contribution is -0.142. The van der Waals surface area contributed by atoms with Crippen LogP contribution in [0.5, 0.6) is 0 Å². The average Bonchev–Trinajstić information content (AvgIpc) is 2.69. The maximum absolute atomic E-state index is 12.3. The van der Waals surface area contributed by atoms with Gasteiger partial charge in [0, 0.05) is 25.4 Å². The van der Waals surface area contributed by atoms with Crippen molar-refractivity contribution in [2.24, 2.45) is 16.5 Å². The number of pyridine rings is 1. The van der Waals surface area contributed by atoms with Crippen molar-refractivity contribution in [2.45, 2.75) is 57.4 Å². The first-order valence-corrected chi connectivity index (χ1v) is 10.1. The SMILES string of the molecule is NC(N)=NCCCCCCCC(=O)N[C@@H](CC(=O)O)C(=O)NC(=O)Cc1ccncc1. The normalized spacial score (nSPS) is 11.2. The quantitative estimate of drug-likeness (QED) is 0.151. The zero-order chi connectivity index (χ0) is 23.1. The summed E-state index contributed by atoms with van der Waals surface area (Å²) in [5, 5.41) is 13.6. The van der Waals surface area contributed by atoms with Gasteiger partial charge in [0.2, 0.25) is 17.7 Å². The molecule has 0 spiro atoms. The molecule has 0 bridgehead atoms. The number of aliphatic imine (C=N–C) groups is 1. The number of nitrogens with zero attached hydrogens (tertiary/aromatic N) is 2. The van der Waals surface area contributed by atoms with Gasteiger partial charge < -0.3 is 21.9 Å². The Labute approximate surface area is 180 Å². The second-order valence-corrected chi connectivity index (χ2v) is 6.99. The minimum Gasteiger partial charge on any atom is -0.481 e. The molecule has 1 aromatic rings. The lowest BCUT2D eigenvalue weighted by Gasteiger charge is -2.16. The maximum atomic E-state index is 12.3. The standard InChI is InChI=1S/C20H30N6O5/c21-20(22)24-9-5-3-1-2-4-6-16(27)25-15(13-18(29)30)19(31)26-17(28)12-14-7-10-23-11-8-14/h7-8,10-11,15H,1-6,9,12-13H2,(H,25,27)(H,29,30)(H4,21,22,24)(H,26,28,31)/t15-/m0/s1. The van der Waals surface area contributed by atoms with E-state index >= 15 is 0 Å². The number of aliphatic carboxylic acids is 1. The number of hydrogen-bond donors (Lipinski definition) is 5. The number of carbonyl (C=O) groups is 4. The van der Waals surface area contributed by atoms with Gasteiger partial charge in [-0.05, 0) is 30.5 Å². The van der Waals surface area contributed by atoms with Crippen molar-refractivity contribution < 1.29 is 24.3 Å². The maximum Gasteiger partial charge on any atom is 0.305 e. The summed E-state index contributed by atoms with van der Waals surface area (Å²) in [4.78, 5) is 55.2. The number of imide groups is 1. The van der Waals surface area contributed by atoms with Gasteiger partial charge in [0.1, 0.15) is 6.04 Å². The molecule has 3 amide bonds. The van der Waals surface area contributed by atoms with Gasteiger partial charge in [-0.2, -0.15) is 0 Å². The number of hydrogen-bond acceptors (Lipinski definition) is 6. The molecule has 0 aliphatic rings. The molecule has 1 atom stereocenters. The summed E-state index contributed by atoms with van der Waals surface area (Å²) >= 11 is 0. The van der Waals surface area contributed by atoms with Gasteiger partial charge in [0.05, 0.1) is 12.8 Å². The summed E-state index contributed by atoms with van der Waals surface area (Å²) < 4.78 is 0. The number of unbranched alkanes of at least 4 members (excludes halogenated alkanes) is 4. The third-order valence-electron chi connectivity index (χ3n) is 4.26. The van der Waals surface area contributed by atoms with Crippen LogP contribution in [0.2, 0.25) is 0 Å². The number of nitrogens with one attached hydrogen (secondary N) is 2. The van der Waals surface area contributed by atoms with Gasteiger partial charge in [-0.3, -0.25) is 34.5 Å². The van der Waals surface area contributed by atoms with Crippen LogP contribution in [0.3, 0.4) is 0 Å². The smallest absolute Gasteiger partial charge is 0.305 e. The van der Waals surface area contributed by atoms with Crippen LogP contribution in [0.15, 0.2) is 29.5 Å². The molecule has 0 fully saturated rings. The van der Waals surface area contributed by atoms with Gasteiger partial charge in [-0.15, -0.1) is 0 Å². The van der Waals surface area contributed by atoms with E-state index in [1.807, 2.05) is 0 Å². The molecule has 170 valence electrons. The number of carbonyl (C=O) groups excluding carboxylic acids is 3. The topological polar surface area (TPSA) is 190 Å². The predicted molar refractivity (Wildman–Crippen MR) is 114 cm³/mol. The Hall–Kier alpha value is -3.50. The van der Waals surface area contributed by atoms with Crippen molar-refractivity contribution in [3.05, 3.63) is 30.1 Å².